The zero-order valence-corrected chi connectivity index (χ0v) is 15.5. The Balaban J connectivity index is 1.70. The number of rotatable bonds is 5. The summed E-state index contributed by atoms with van der Waals surface area (Å²) in [4.78, 5) is 35.1. The highest BCUT2D eigenvalue weighted by atomic mass is 35.5. The van der Waals surface area contributed by atoms with Crippen LogP contribution in [0.1, 0.15) is 16.6 Å². The van der Waals surface area contributed by atoms with Crippen molar-refractivity contribution in [3.05, 3.63) is 68.5 Å². The minimum Gasteiger partial charge on any atom is -0.448 e. The third-order valence-corrected chi connectivity index (χ3v) is 5.12. The van der Waals surface area contributed by atoms with E-state index in [1.54, 1.807) is 30.3 Å². The molecule has 0 aliphatic heterocycles. The van der Waals surface area contributed by atoms with Gasteiger partial charge in [-0.25, -0.2) is 4.79 Å². The first-order chi connectivity index (χ1) is 12.8. The molecule has 1 N–H and O–H groups in total. The second kappa shape index (κ2) is 7.73. The maximum absolute atomic E-state index is 12.3. The Kier molecular flexibility index (Phi) is 5.38. The normalized spacial score (nSPS) is 11.8. The first-order valence-electron chi connectivity index (χ1n) is 7.79. The number of nitro groups is 1. The topological polar surface area (TPSA) is 98.5 Å². The van der Waals surface area contributed by atoms with Crippen molar-refractivity contribution in [2.24, 2.45) is 0 Å². The number of nitrogens with zero attached hydrogens (tertiary/aromatic N) is 1. The second-order valence-electron chi connectivity index (χ2n) is 5.61. The lowest BCUT2D eigenvalue weighted by molar-refractivity contribution is -0.384. The number of esters is 1. The third kappa shape index (κ3) is 4.24. The molecule has 0 radical (unpaired) electrons. The van der Waals surface area contributed by atoms with Crippen LogP contribution in [0.3, 0.4) is 0 Å². The molecule has 1 amide bonds. The van der Waals surface area contributed by atoms with Gasteiger partial charge in [0.05, 0.1) is 15.6 Å². The number of carbonyl (C=O) groups is 2. The molecular formula is C18H13ClN2O5S. The molecule has 138 valence electrons. The molecule has 3 aromatic rings. The van der Waals surface area contributed by atoms with E-state index in [9.17, 15) is 19.7 Å². The van der Waals surface area contributed by atoms with Gasteiger partial charge < -0.3 is 10.1 Å². The van der Waals surface area contributed by atoms with Gasteiger partial charge in [-0.3, -0.25) is 14.9 Å². The number of para-hydroxylation sites is 1. The number of ether oxygens (including phenoxy) is 1. The molecule has 0 saturated carbocycles. The number of fused-ring (bicyclic) bond motifs is 1. The summed E-state index contributed by atoms with van der Waals surface area (Å²) >= 11 is 7.12. The molecule has 0 spiro atoms. The van der Waals surface area contributed by atoms with E-state index in [0.717, 1.165) is 11.3 Å². The molecule has 9 heteroatoms. The molecule has 0 bridgehead atoms. The standard InChI is InChI=1S/C18H13ClN2O5S/c1-10(17(22)20-14-5-3-2-4-13(14)19)26-18(23)16-9-11-8-12(21(24)25)6-7-15(11)27-16/h2-10H,1H3,(H,20,22)/t10-/m0/s1. The number of carbonyl (C=O) groups excluding carboxylic acids is 2. The number of amides is 1. The predicted molar refractivity (Wildman–Crippen MR) is 103 cm³/mol. The number of hydrogen-bond acceptors (Lipinski definition) is 6. The zero-order chi connectivity index (χ0) is 19.6. The van der Waals surface area contributed by atoms with Crippen molar-refractivity contribution in [1.29, 1.82) is 0 Å². The van der Waals surface area contributed by atoms with Crippen molar-refractivity contribution in [2.75, 3.05) is 5.32 Å². The highest BCUT2D eigenvalue weighted by molar-refractivity contribution is 7.20. The quantitative estimate of drug-likeness (QED) is 0.379. The average Bonchev–Trinajstić information content (AvgIpc) is 3.06. The molecule has 0 aliphatic carbocycles. The van der Waals surface area contributed by atoms with Crippen LogP contribution < -0.4 is 5.32 Å². The van der Waals surface area contributed by atoms with Crippen molar-refractivity contribution in [2.45, 2.75) is 13.0 Å². The molecule has 0 unspecified atom stereocenters. The van der Waals surface area contributed by atoms with Gasteiger partial charge in [-0.05, 0) is 31.2 Å². The van der Waals surface area contributed by atoms with Crippen LogP contribution in [-0.2, 0) is 9.53 Å². The fraction of sp³-hybridized carbons (Fsp3) is 0.111. The van der Waals surface area contributed by atoms with Gasteiger partial charge in [0.2, 0.25) is 0 Å². The molecule has 27 heavy (non-hydrogen) atoms. The van der Waals surface area contributed by atoms with Crippen LogP contribution in [0.5, 0.6) is 0 Å². The molecule has 7 nitrogen and oxygen atoms in total. The van der Waals surface area contributed by atoms with Gasteiger partial charge in [0.1, 0.15) is 4.88 Å². The summed E-state index contributed by atoms with van der Waals surface area (Å²) in [5, 5.41) is 14.4. The van der Waals surface area contributed by atoms with Crippen LogP contribution >= 0.6 is 22.9 Å². The van der Waals surface area contributed by atoms with Crippen LogP contribution in [0.2, 0.25) is 5.02 Å². The molecular weight excluding hydrogens is 392 g/mol. The van der Waals surface area contributed by atoms with Crippen molar-refractivity contribution in [3.8, 4) is 0 Å². The van der Waals surface area contributed by atoms with E-state index >= 15 is 0 Å². The summed E-state index contributed by atoms with van der Waals surface area (Å²) < 4.78 is 5.91. The van der Waals surface area contributed by atoms with Crippen LogP contribution in [0.4, 0.5) is 11.4 Å². The largest absolute Gasteiger partial charge is 0.448 e. The van der Waals surface area contributed by atoms with Crippen molar-refractivity contribution < 1.29 is 19.2 Å². The summed E-state index contributed by atoms with van der Waals surface area (Å²) in [6.45, 7) is 1.45. The van der Waals surface area contributed by atoms with E-state index in [-0.39, 0.29) is 10.6 Å². The smallest absolute Gasteiger partial charge is 0.349 e. The van der Waals surface area contributed by atoms with Crippen LogP contribution in [0.25, 0.3) is 10.1 Å². The number of nitro benzene ring substituents is 1. The lowest BCUT2D eigenvalue weighted by Gasteiger charge is -2.13. The van der Waals surface area contributed by atoms with Crippen LogP contribution in [0, 0.1) is 10.1 Å². The fourth-order valence-corrected chi connectivity index (χ4v) is 3.42. The molecule has 0 saturated heterocycles. The summed E-state index contributed by atoms with van der Waals surface area (Å²) in [6, 6.07) is 12.5. The second-order valence-corrected chi connectivity index (χ2v) is 7.10. The zero-order valence-electron chi connectivity index (χ0n) is 14.0. The van der Waals surface area contributed by atoms with Gasteiger partial charge in [-0.2, -0.15) is 0 Å². The Morgan fingerprint density at radius 1 is 1.22 bits per heavy atom. The highest BCUT2D eigenvalue weighted by Crippen LogP contribution is 2.29. The van der Waals surface area contributed by atoms with Crippen molar-refractivity contribution in [1.82, 2.24) is 0 Å². The number of hydrogen-bond donors (Lipinski definition) is 1. The molecule has 1 heterocycles. The lowest BCUT2D eigenvalue weighted by atomic mass is 10.2. The van der Waals surface area contributed by atoms with E-state index in [0.29, 0.717) is 20.8 Å². The monoisotopic (exact) mass is 404 g/mol. The van der Waals surface area contributed by atoms with Crippen LogP contribution in [0.15, 0.2) is 48.5 Å². The Morgan fingerprint density at radius 3 is 2.67 bits per heavy atom. The van der Waals surface area contributed by atoms with Crippen LogP contribution in [-0.4, -0.2) is 22.9 Å². The van der Waals surface area contributed by atoms with E-state index in [1.165, 1.54) is 25.1 Å². The maximum atomic E-state index is 12.3. The maximum Gasteiger partial charge on any atom is 0.349 e. The van der Waals surface area contributed by atoms with E-state index in [1.807, 2.05) is 0 Å². The van der Waals surface area contributed by atoms with Gasteiger partial charge in [0.15, 0.2) is 6.10 Å². The van der Waals surface area contributed by atoms with Crippen molar-refractivity contribution >= 4 is 56.3 Å². The molecule has 1 atom stereocenters. The van der Waals surface area contributed by atoms with Gasteiger partial charge in [0, 0.05) is 22.2 Å². The number of thiophene rings is 1. The number of anilines is 1. The van der Waals surface area contributed by atoms with Gasteiger partial charge in [-0.15, -0.1) is 11.3 Å². The predicted octanol–water partition coefficient (Wildman–Crippen LogP) is 4.65. The summed E-state index contributed by atoms with van der Waals surface area (Å²) in [5.41, 5.74) is 0.356. The lowest BCUT2D eigenvalue weighted by Crippen LogP contribution is -2.29. The minimum absolute atomic E-state index is 0.0623. The Hall–Kier alpha value is -2.97. The summed E-state index contributed by atoms with van der Waals surface area (Å²) in [7, 11) is 0. The van der Waals surface area contributed by atoms with Crippen molar-refractivity contribution in [3.63, 3.8) is 0 Å². The number of halogens is 1. The molecule has 0 aliphatic rings. The highest BCUT2D eigenvalue weighted by Gasteiger charge is 2.21. The first-order valence-corrected chi connectivity index (χ1v) is 8.99. The number of nitrogens with one attached hydrogen (secondary N) is 1. The molecule has 0 fully saturated rings. The Labute approximate surface area is 162 Å². The van der Waals surface area contributed by atoms with E-state index in [2.05, 4.69) is 5.32 Å². The van der Waals surface area contributed by atoms with Gasteiger partial charge >= 0.3 is 5.97 Å². The molecule has 1 aromatic heterocycles. The third-order valence-electron chi connectivity index (χ3n) is 3.70. The SMILES string of the molecule is C[C@H](OC(=O)c1cc2cc([N+](=O)[O-])ccc2s1)C(=O)Nc1ccccc1Cl. The summed E-state index contributed by atoms with van der Waals surface area (Å²) in [5.74, 6) is -1.20. The van der Waals surface area contributed by atoms with Gasteiger partial charge in [-0.1, -0.05) is 23.7 Å². The Bertz CT molecular complexity index is 1050. The van der Waals surface area contributed by atoms with Gasteiger partial charge in [0.25, 0.3) is 11.6 Å². The Morgan fingerprint density at radius 2 is 1.96 bits per heavy atom. The van der Waals surface area contributed by atoms with E-state index in [4.69, 9.17) is 16.3 Å². The number of benzene rings is 2. The first kappa shape index (κ1) is 18.8. The minimum atomic E-state index is -1.05. The summed E-state index contributed by atoms with van der Waals surface area (Å²) in [6.07, 6.45) is -1.05. The molecule has 2 aromatic carbocycles. The average molecular weight is 405 g/mol. The van der Waals surface area contributed by atoms with E-state index < -0.39 is 22.9 Å². The number of non-ortho nitro benzene ring substituents is 1. The fourth-order valence-electron chi connectivity index (χ4n) is 2.31. The molecule has 3 rings (SSSR count).